The van der Waals surface area contributed by atoms with E-state index in [-0.39, 0.29) is 11.5 Å². The van der Waals surface area contributed by atoms with E-state index >= 15 is 0 Å². The predicted molar refractivity (Wildman–Crippen MR) is 62.9 cm³/mol. The van der Waals surface area contributed by atoms with Crippen LogP contribution < -0.4 is 10.1 Å². The molecule has 2 rings (SSSR count). The average Bonchev–Trinajstić information content (AvgIpc) is 3.13. The van der Waals surface area contributed by atoms with Crippen LogP contribution >= 0.6 is 0 Å². The summed E-state index contributed by atoms with van der Waals surface area (Å²) in [4.78, 5) is 11.8. The number of carbonyl (C=O) groups is 1. The Morgan fingerprint density at radius 3 is 2.88 bits per heavy atom. The van der Waals surface area contributed by atoms with Crippen molar-refractivity contribution in [2.75, 3.05) is 13.7 Å². The molecule has 1 aromatic carbocycles. The Labute approximate surface area is 100.0 Å². The number of benzene rings is 1. The summed E-state index contributed by atoms with van der Waals surface area (Å²) in [5.74, 6) is -0.370. The van der Waals surface area contributed by atoms with Crippen LogP contribution in [0.5, 0.6) is 5.75 Å². The molecule has 3 nitrogen and oxygen atoms in total. The number of ether oxygens (including phenoxy) is 1. The maximum Gasteiger partial charge on any atom is 0.165 e. The fourth-order valence-corrected chi connectivity index (χ4v) is 1.66. The highest BCUT2D eigenvalue weighted by Gasteiger charge is 2.20. The van der Waals surface area contributed by atoms with Gasteiger partial charge in [0.25, 0.3) is 0 Å². The summed E-state index contributed by atoms with van der Waals surface area (Å²) in [6.07, 6.45) is 2.80. The average molecular weight is 237 g/mol. The number of hydrogen-bond donors (Lipinski definition) is 1. The van der Waals surface area contributed by atoms with Crippen LogP contribution in [0, 0.1) is 5.82 Å². The minimum atomic E-state index is -0.492. The van der Waals surface area contributed by atoms with Gasteiger partial charge in [0, 0.05) is 24.6 Å². The topological polar surface area (TPSA) is 38.3 Å². The molecule has 0 unspecified atom stereocenters. The first kappa shape index (κ1) is 12.0. The third-order valence-corrected chi connectivity index (χ3v) is 2.84. The lowest BCUT2D eigenvalue weighted by Crippen LogP contribution is -2.20. The van der Waals surface area contributed by atoms with E-state index < -0.39 is 5.82 Å². The Hall–Kier alpha value is -1.42. The van der Waals surface area contributed by atoms with Gasteiger partial charge in [0.05, 0.1) is 7.11 Å². The van der Waals surface area contributed by atoms with Crippen molar-refractivity contribution in [2.24, 2.45) is 0 Å². The molecule has 1 saturated carbocycles. The molecule has 0 spiro atoms. The molecular formula is C13H16FNO2. The molecule has 0 atom stereocenters. The molecule has 1 N–H and O–H groups in total. The Morgan fingerprint density at radius 1 is 1.53 bits per heavy atom. The molecule has 92 valence electrons. The highest BCUT2D eigenvalue weighted by molar-refractivity contribution is 5.96. The quantitative estimate of drug-likeness (QED) is 0.770. The zero-order valence-electron chi connectivity index (χ0n) is 9.83. The number of hydrogen-bond acceptors (Lipinski definition) is 3. The van der Waals surface area contributed by atoms with E-state index in [9.17, 15) is 9.18 Å². The molecule has 0 heterocycles. The Balaban J connectivity index is 1.90. The second-order valence-electron chi connectivity index (χ2n) is 4.25. The van der Waals surface area contributed by atoms with Crippen LogP contribution in [0.4, 0.5) is 4.39 Å². The Morgan fingerprint density at radius 2 is 2.29 bits per heavy atom. The maximum absolute atomic E-state index is 13.4. The minimum Gasteiger partial charge on any atom is -0.494 e. The second-order valence-corrected chi connectivity index (χ2v) is 4.25. The third kappa shape index (κ3) is 3.27. The minimum absolute atomic E-state index is 0.0419. The van der Waals surface area contributed by atoms with Crippen LogP contribution in [0.2, 0.25) is 0 Å². The summed E-state index contributed by atoms with van der Waals surface area (Å²) in [6.45, 7) is 0.664. The molecule has 17 heavy (non-hydrogen) atoms. The van der Waals surface area contributed by atoms with Crippen LogP contribution in [-0.4, -0.2) is 25.5 Å². The molecule has 0 amide bonds. The van der Waals surface area contributed by atoms with E-state index in [1.807, 2.05) is 0 Å². The van der Waals surface area contributed by atoms with Crippen molar-refractivity contribution in [3.8, 4) is 5.75 Å². The maximum atomic E-state index is 13.4. The number of nitrogens with one attached hydrogen (secondary N) is 1. The summed E-state index contributed by atoms with van der Waals surface area (Å²) in [7, 11) is 1.40. The summed E-state index contributed by atoms with van der Waals surface area (Å²) in [5.41, 5.74) is 0.404. The van der Waals surface area contributed by atoms with Gasteiger partial charge < -0.3 is 10.1 Å². The van der Waals surface area contributed by atoms with Gasteiger partial charge in [-0.3, -0.25) is 4.79 Å². The lowest BCUT2D eigenvalue weighted by atomic mass is 10.1. The number of rotatable bonds is 6. The van der Waals surface area contributed by atoms with Crippen LogP contribution in [0.25, 0.3) is 0 Å². The van der Waals surface area contributed by atoms with Crippen LogP contribution in [0.15, 0.2) is 18.2 Å². The number of methoxy groups -OCH3 is 1. The van der Waals surface area contributed by atoms with Gasteiger partial charge in [-0.15, -0.1) is 0 Å². The van der Waals surface area contributed by atoms with Crippen LogP contribution in [0.1, 0.15) is 29.6 Å². The molecule has 1 aliphatic carbocycles. The van der Waals surface area contributed by atoms with Gasteiger partial charge in [-0.2, -0.15) is 0 Å². The van der Waals surface area contributed by atoms with Crippen molar-refractivity contribution in [3.05, 3.63) is 29.6 Å². The smallest absolute Gasteiger partial charge is 0.165 e. The molecule has 0 aliphatic heterocycles. The summed E-state index contributed by atoms with van der Waals surface area (Å²) in [5, 5.41) is 3.26. The van der Waals surface area contributed by atoms with Crippen molar-refractivity contribution in [1.82, 2.24) is 5.32 Å². The number of Topliss-reactive ketones (excluding diaryl/α,β-unsaturated/α-hetero) is 1. The molecule has 1 aliphatic rings. The van der Waals surface area contributed by atoms with E-state index in [0.717, 1.165) is 0 Å². The van der Waals surface area contributed by atoms with E-state index in [1.54, 1.807) is 6.07 Å². The van der Waals surface area contributed by atoms with Crippen molar-refractivity contribution in [2.45, 2.75) is 25.3 Å². The number of carbonyl (C=O) groups excluding carboxylic acids is 1. The molecular weight excluding hydrogens is 221 g/mol. The molecule has 0 saturated heterocycles. The lowest BCUT2D eigenvalue weighted by Gasteiger charge is -2.05. The van der Waals surface area contributed by atoms with E-state index in [1.165, 1.54) is 32.1 Å². The van der Waals surface area contributed by atoms with Crippen LogP contribution in [-0.2, 0) is 0 Å². The molecule has 1 fully saturated rings. The van der Waals surface area contributed by atoms with E-state index in [0.29, 0.717) is 24.6 Å². The standard InChI is InChI=1S/C13H16FNO2/c1-17-13-5-2-9(8-11(13)14)12(16)6-7-15-10-3-4-10/h2,5,8,10,15H,3-4,6-7H2,1H3. The van der Waals surface area contributed by atoms with Crippen LogP contribution in [0.3, 0.4) is 0 Å². The Kier molecular flexibility index (Phi) is 3.74. The van der Waals surface area contributed by atoms with Gasteiger partial charge in [0.15, 0.2) is 17.3 Å². The highest BCUT2D eigenvalue weighted by Crippen LogP contribution is 2.20. The first-order chi connectivity index (χ1) is 8.20. The van der Waals surface area contributed by atoms with Gasteiger partial charge >= 0.3 is 0 Å². The lowest BCUT2D eigenvalue weighted by molar-refractivity contribution is 0.0982. The monoisotopic (exact) mass is 237 g/mol. The Bertz CT molecular complexity index is 416. The van der Waals surface area contributed by atoms with Crippen molar-refractivity contribution in [1.29, 1.82) is 0 Å². The normalized spacial score (nSPS) is 14.7. The molecule has 4 heteroatoms. The van der Waals surface area contributed by atoms with Crippen molar-refractivity contribution in [3.63, 3.8) is 0 Å². The zero-order chi connectivity index (χ0) is 12.3. The van der Waals surface area contributed by atoms with Gasteiger partial charge in [-0.1, -0.05) is 0 Å². The molecule has 0 aromatic heterocycles. The second kappa shape index (κ2) is 5.27. The fourth-order valence-electron chi connectivity index (χ4n) is 1.66. The molecule has 1 aromatic rings. The highest BCUT2D eigenvalue weighted by atomic mass is 19.1. The van der Waals surface area contributed by atoms with Gasteiger partial charge in [-0.05, 0) is 31.0 Å². The first-order valence-corrected chi connectivity index (χ1v) is 5.81. The summed E-state index contributed by atoms with van der Waals surface area (Å²) in [6, 6.07) is 4.91. The fraction of sp³-hybridized carbons (Fsp3) is 0.462. The van der Waals surface area contributed by atoms with Gasteiger partial charge in [-0.25, -0.2) is 4.39 Å². The van der Waals surface area contributed by atoms with Gasteiger partial charge in [0.2, 0.25) is 0 Å². The number of halogens is 1. The third-order valence-electron chi connectivity index (χ3n) is 2.84. The zero-order valence-corrected chi connectivity index (χ0v) is 9.83. The van der Waals surface area contributed by atoms with Crippen molar-refractivity contribution >= 4 is 5.78 Å². The molecule has 0 radical (unpaired) electrons. The molecule has 0 bridgehead atoms. The first-order valence-electron chi connectivity index (χ1n) is 5.81. The van der Waals surface area contributed by atoms with E-state index in [4.69, 9.17) is 4.74 Å². The summed E-state index contributed by atoms with van der Waals surface area (Å²) < 4.78 is 18.2. The number of ketones is 1. The summed E-state index contributed by atoms with van der Waals surface area (Å²) >= 11 is 0. The predicted octanol–water partition coefficient (Wildman–Crippen LogP) is 2.16. The van der Waals surface area contributed by atoms with Gasteiger partial charge in [0.1, 0.15) is 0 Å². The van der Waals surface area contributed by atoms with E-state index in [2.05, 4.69) is 5.32 Å². The van der Waals surface area contributed by atoms with Crippen molar-refractivity contribution < 1.29 is 13.9 Å². The largest absolute Gasteiger partial charge is 0.494 e. The SMILES string of the molecule is COc1ccc(C(=O)CCNC2CC2)cc1F.